The first-order chi connectivity index (χ1) is 14.5. The Hall–Kier alpha value is -3.32. The standard InChI is InChI=1S/C23H23NO6/c1-27-17-11-16(12-18(13-17)28-2)23(14-30-23)19-9-10-24(20(19)22(26)29-3)21(25)15-7-5-4-6-8-15/h4-8,11-13H,9-10,14H2,1-3H3. The van der Waals surface area contributed by atoms with Crippen molar-refractivity contribution in [2.24, 2.45) is 0 Å². The summed E-state index contributed by atoms with van der Waals surface area (Å²) >= 11 is 0. The normalized spacial score (nSPS) is 20.2. The van der Waals surface area contributed by atoms with E-state index in [2.05, 4.69) is 0 Å². The molecular weight excluding hydrogens is 386 g/mol. The van der Waals surface area contributed by atoms with Gasteiger partial charge in [-0.1, -0.05) is 18.2 Å². The van der Waals surface area contributed by atoms with E-state index in [1.165, 1.54) is 12.0 Å². The third kappa shape index (κ3) is 3.31. The second-order valence-corrected chi connectivity index (χ2v) is 7.11. The molecule has 1 saturated heterocycles. The average Bonchev–Trinajstić information content (AvgIpc) is 3.49. The zero-order chi connectivity index (χ0) is 21.3. The van der Waals surface area contributed by atoms with Gasteiger partial charge in [0.05, 0.1) is 27.9 Å². The van der Waals surface area contributed by atoms with E-state index in [1.54, 1.807) is 44.6 Å². The number of ether oxygens (including phenoxy) is 4. The highest BCUT2D eigenvalue weighted by Crippen LogP contribution is 2.51. The molecular formula is C23H23NO6. The van der Waals surface area contributed by atoms with E-state index < -0.39 is 11.6 Å². The number of amides is 1. The van der Waals surface area contributed by atoms with Crippen LogP contribution in [-0.4, -0.2) is 51.3 Å². The Bertz CT molecular complexity index is 987. The van der Waals surface area contributed by atoms with Crippen molar-refractivity contribution >= 4 is 11.9 Å². The first kappa shape index (κ1) is 20.0. The van der Waals surface area contributed by atoms with Crippen LogP contribution < -0.4 is 9.47 Å². The number of methoxy groups -OCH3 is 3. The molecule has 0 bridgehead atoms. The maximum atomic E-state index is 13.1. The molecule has 7 heteroatoms. The summed E-state index contributed by atoms with van der Waals surface area (Å²) in [6.45, 7) is 0.770. The van der Waals surface area contributed by atoms with Crippen molar-refractivity contribution in [1.29, 1.82) is 0 Å². The smallest absolute Gasteiger partial charge is 0.354 e. The summed E-state index contributed by atoms with van der Waals surface area (Å²) in [5.74, 6) is 0.436. The van der Waals surface area contributed by atoms with Crippen molar-refractivity contribution < 1.29 is 28.5 Å². The van der Waals surface area contributed by atoms with Gasteiger partial charge in [-0.05, 0) is 36.2 Å². The monoisotopic (exact) mass is 409 g/mol. The molecule has 1 fully saturated rings. The van der Waals surface area contributed by atoms with E-state index in [1.807, 2.05) is 18.2 Å². The first-order valence-corrected chi connectivity index (χ1v) is 9.60. The van der Waals surface area contributed by atoms with E-state index in [0.717, 1.165) is 11.1 Å². The van der Waals surface area contributed by atoms with Gasteiger partial charge in [-0.2, -0.15) is 0 Å². The predicted octanol–water partition coefficient (Wildman–Crippen LogP) is 2.90. The number of carbonyl (C=O) groups excluding carboxylic acids is 2. The lowest BCUT2D eigenvalue weighted by Gasteiger charge is -2.21. The SMILES string of the molecule is COC(=O)C1=C(C2(c3cc(OC)cc(OC)c3)CO2)CCN1C(=O)c1ccccc1. The molecule has 156 valence electrons. The zero-order valence-electron chi connectivity index (χ0n) is 17.1. The molecule has 2 aliphatic rings. The molecule has 0 radical (unpaired) electrons. The summed E-state index contributed by atoms with van der Waals surface area (Å²) < 4.78 is 21.7. The van der Waals surface area contributed by atoms with E-state index in [-0.39, 0.29) is 11.6 Å². The fourth-order valence-electron chi connectivity index (χ4n) is 3.91. The Balaban J connectivity index is 1.79. The minimum absolute atomic E-state index is 0.241. The number of hydrogen-bond donors (Lipinski definition) is 0. The minimum Gasteiger partial charge on any atom is -0.497 e. The molecule has 1 unspecified atom stereocenters. The van der Waals surface area contributed by atoms with Gasteiger partial charge >= 0.3 is 5.97 Å². The van der Waals surface area contributed by atoms with Crippen LogP contribution in [0.1, 0.15) is 22.3 Å². The Kier molecular flexibility index (Phi) is 5.22. The quantitative estimate of drug-likeness (QED) is 0.539. The molecule has 2 aliphatic heterocycles. The third-order valence-electron chi connectivity index (χ3n) is 5.52. The van der Waals surface area contributed by atoms with Gasteiger partial charge in [0.2, 0.25) is 0 Å². The van der Waals surface area contributed by atoms with Gasteiger partial charge in [0.1, 0.15) is 22.8 Å². The lowest BCUT2D eigenvalue weighted by atomic mass is 9.89. The van der Waals surface area contributed by atoms with Gasteiger partial charge in [-0.25, -0.2) is 4.79 Å². The maximum absolute atomic E-state index is 13.1. The van der Waals surface area contributed by atoms with E-state index in [4.69, 9.17) is 18.9 Å². The molecule has 1 amide bonds. The van der Waals surface area contributed by atoms with Crippen LogP contribution in [0.2, 0.25) is 0 Å². The molecule has 0 N–H and O–H groups in total. The summed E-state index contributed by atoms with van der Waals surface area (Å²) in [4.78, 5) is 27.3. The minimum atomic E-state index is -0.808. The predicted molar refractivity (Wildman–Crippen MR) is 108 cm³/mol. The summed E-state index contributed by atoms with van der Waals surface area (Å²) in [6, 6.07) is 14.4. The topological polar surface area (TPSA) is 77.6 Å². The first-order valence-electron chi connectivity index (χ1n) is 9.60. The van der Waals surface area contributed by atoms with E-state index >= 15 is 0 Å². The lowest BCUT2D eigenvalue weighted by Crippen LogP contribution is -2.32. The molecule has 0 spiro atoms. The largest absolute Gasteiger partial charge is 0.497 e. The second-order valence-electron chi connectivity index (χ2n) is 7.11. The lowest BCUT2D eigenvalue weighted by molar-refractivity contribution is -0.137. The van der Waals surface area contributed by atoms with Crippen LogP contribution in [0.5, 0.6) is 11.5 Å². The Morgan fingerprint density at radius 3 is 2.17 bits per heavy atom. The van der Waals surface area contributed by atoms with Crippen LogP contribution in [0, 0.1) is 0 Å². The van der Waals surface area contributed by atoms with Crippen LogP contribution in [0.25, 0.3) is 0 Å². The molecule has 2 heterocycles. The number of esters is 1. The highest BCUT2D eigenvalue weighted by molar-refractivity contribution is 6.02. The number of rotatable bonds is 6. The van der Waals surface area contributed by atoms with Crippen molar-refractivity contribution in [3.8, 4) is 11.5 Å². The van der Waals surface area contributed by atoms with Crippen molar-refractivity contribution in [2.75, 3.05) is 34.5 Å². The molecule has 2 aromatic rings. The number of hydrogen-bond acceptors (Lipinski definition) is 6. The summed E-state index contributed by atoms with van der Waals surface area (Å²) in [6.07, 6.45) is 0.503. The summed E-state index contributed by atoms with van der Waals surface area (Å²) in [7, 11) is 4.47. The molecule has 1 atom stereocenters. The summed E-state index contributed by atoms with van der Waals surface area (Å²) in [5.41, 5.74) is 1.48. The number of carbonyl (C=O) groups is 2. The Morgan fingerprint density at radius 1 is 1.00 bits per heavy atom. The van der Waals surface area contributed by atoms with E-state index in [9.17, 15) is 9.59 Å². The van der Waals surface area contributed by atoms with Crippen molar-refractivity contribution in [1.82, 2.24) is 4.90 Å². The average molecular weight is 409 g/mol. The molecule has 0 aliphatic carbocycles. The Labute approximate surface area is 174 Å². The number of epoxide rings is 1. The third-order valence-corrected chi connectivity index (χ3v) is 5.52. The summed E-state index contributed by atoms with van der Waals surface area (Å²) in [5, 5.41) is 0. The van der Waals surface area contributed by atoms with Gasteiger partial charge in [0.25, 0.3) is 5.91 Å². The van der Waals surface area contributed by atoms with Crippen LogP contribution >= 0.6 is 0 Å². The van der Waals surface area contributed by atoms with Crippen LogP contribution in [0.4, 0.5) is 0 Å². The van der Waals surface area contributed by atoms with Gasteiger partial charge in [-0.15, -0.1) is 0 Å². The van der Waals surface area contributed by atoms with Gasteiger partial charge in [0, 0.05) is 23.7 Å². The highest BCUT2D eigenvalue weighted by atomic mass is 16.6. The number of benzene rings is 2. The van der Waals surface area contributed by atoms with Gasteiger partial charge in [0.15, 0.2) is 0 Å². The zero-order valence-corrected chi connectivity index (χ0v) is 17.1. The highest BCUT2D eigenvalue weighted by Gasteiger charge is 2.55. The van der Waals surface area contributed by atoms with Crippen LogP contribution in [0.15, 0.2) is 59.8 Å². The Morgan fingerprint density at radius 2 is 1.63 bits per heavy atom. The van der Waals surface area contributed by atoms with Crippen molar-refractivity contribution in [2.45, 2.75) is 12.0 Å². The molecule has 30 heavy (non-hydrogen) atoms. The number of nitrogens with zero attached hydrogens (tertiary/aromatic N) is 1. The molecule has 2 aromatic carbocycles. The van der Waals surface area contributed by atoms with Gasteiger partial charge < -0.3 is 23.8 Å². The van der Waals surface area contributed by atoms with Crippen molar-refractivity contribution in [3.05, 3.63) is 70.9 Å². The fourth-order valence-corrected chi connectivity index (χ4v) is 3.91. The van der Waals surface area contributed by atoms with Gasteiger partial charge in [-0.3, -0.25) is 4.79 Å². The second kappa shape index (κ2) is 7.84. The van der Waals surface area contributed by atoms with Crippen molar-refractivity contribution in [3.63, 3.8) is 0 Å². The molecule has 4 rings (SSSR count). The van der Waals surface area contributed by atoms with Crippen LogP contribution in [0.3, 0.4) is 0 Å². The van der Waals surface area contributed by atoms with E-state index in [0.29, 0.717) is 36.6 Å². The maximum Gasteiger partial charge on any atom is 0.354 e. The molecule has 7 nitrogen and oxygen atoms in total. The fraction of sp³-hybridized carbons (Fsp3) is 0.304. The molecule has 0 saturated carbocycles. The molecule has 0 aromatic heterocycles. The van der Waals surface area contributed by atoms with Crippen LogP contribution in [-0.2, 0) is 19.9 Å².